The topological polar surface area (TPSA) is 32.3 Å². The SMILES string of the molecule is CC(C)CC(NC(C)c1ccc(Br)cc1F)C(=O)N(C)C. The van der Waals surface area contributed by atoms with Crippen LogP contribution in [-0.2, 0) is 4.79 Å². The number of carbonyl (C=O) groups excluding carboxylic acids is 1. The first kappa shape index (κ1) is 18.1. The molecule has 1 rings (SSSR count). The van der Waals surface area contributed by atoms with Gasteiger partial charge in [0.1, 0.15) is 5.82 Å². The molecule has 1 aromatic carbocycles. The van der Waals surface area contributed by atoms with E-state index in [1.54, 1.807) is 25.1 Å². The molecule has 0 spiro atoms. The van der Waals surface area contributed by atoms with Gasteiger partial charge in [-0.3, -0.25) is 10.1 Å². The minimum Gasteiger partial charge on any atom is -0.347 e. The second kappa shape index (κ2) is 7.90. The zero-order chi connectivity index (χ0) is 16.2. The van der Waals surface area contributed by atoms with Crippen LogP contribution in [0.5, 0.6) is 0 Å². The van der Waals surface area contributed by atoms with Gasteiger partial charge in [0.25, 0.3) is 0 Å². The fourth-order valence-corrected chi connectivity index (χ4v) is 2.60. The Kier molecular flexibility index (Phi) is 6.81. The summed E-state index contributed by atoms with van der Waals surface area (Å²) in [4.78, 5) is 13.8. The average Bonchev–Trinajstić information content (AvgIpc) is 2.36. The second-order valence-electron chi connectivity index (χ2n) is 5.97. The molecule has 0 saturated heterocycles. The van der Waals surface area contributed by atoms with Crippen LogP contribution < -0.4 is 5.32 Å². The van der Waals surface area contributed by atoms with Crippen molar-refractivity contribution in [3.63, 3.8) is 0 Å². The first-order valence-corrected chi connectivity index (χ1v) is 7.93. The minimum absolute atomic E-state index is 0.0214. The Labute approximate surface area is 135 Å². The summed E-state index contributed by atoms with van der Waals surface area (Å²) in [6.07, 6.45) is 0.722. The van der Waals surface area contributed by atoms with Gasteiger partial charge in [-0.05, 0) is 31.4 Å². The van der Waals surface area contributed by atoms with Gasteiger partial charge in [0.05, 0.1) is 6.04 Å². The van der Waals surface area contributed by atoms with Crippen molar-refractivity contribution >= 4 is 21.8 Å². The molecular formula is C16H24BrFN2O. The van der Waals surface area contributed by atoms with Crippen molar-refractivity contribution in [2.24, 2.45) is 5.92 Å². The van der Waals surface area contributed by atoms with Crippen LogP contribution in [-0.4, -0.2) is 30.9 Å². The normalized spacial score (nSPS) is 14.1. The summed E-state index contributed by atoms with van der Waals surface area (Å²) in [6, 6.07) is 4.45. The van der Waals surface area contributed by atoms with Gasteiger partial charge in [0.15, 0.2) is 0 Å². The number of nitrogens with one attached hydrogen (secondary N) is 1. The monoisotopic (exact) mass is 358 g/mol. The van der Waals surface area contributed by atoms with Crippen LogP contribution in [0, 0.1) is 11.7 Å². The first-order valence-electron chi connectivity index (χ1n) is 7.14. The van der Waals surface area contributed by atoms with Crippen LogP contribution in [0.2, 0.25) is 0 Å². The average molecular weight is 359 g/mol. The first-order chi connectivity index (χ1) is 9.72. The number of nitrogens with zero attached hydrogens (tertiary/aromatic N) is 1. The van der Waals surface area contributed by atoms with Gasteiger partial charge < -0.3 is 4.90 Å². The van der Waals surface area contributed by atoms with E-state index in [0.717, 1.165) is 6.42 Å². The highest BCUT2D eigenvalue weighted by atomic mass is 79.9. The molecule has 2 unspecified atom stereocenters. The number of amides is 1. The lowest BCUT2D eigenvalue weighted by Gasteiger charge is -2.27. The third-order valence-corrected chi connectivity index (χ3v) is 3.82. The smallest absolute Gasteiger partial charge is 0.239 e. The Morgan fingerprint density at radius 3 is 2.43 bits per heavy atom. The summed E-state index contributed by atoms with van der Waals surface area (Å²) >= 11 is 3.25. The van der Waals surface area contributed by atoms with Crippen LogP contribution in [0.1, 0.15) is 38.8 Å². The molecule has 0 fully saturated rings. The van der Waals surface area contributed by atoms with Crippen molar-refractivity contribution in [1.29, 1.82) is 0 Å². The lowest BCUT2D eigenvalue weighted by Crippen LogP contribution is -2.45. The zero-order valence-electron chi connectivity index (χ0n) is 13.3. The van der Waals surface area contributed by atoms with E-state index in [1.807, 2.05) is 13.0 Å². The van der Waals surface area contributed by atoms with Crippen molar-refractivity contribution in [3.8, 4) is 0 Å². The highest BCUT2D eigenvalue weighted by Crippen LogP contribution is 2.22. The molecule has 0 heterocycles. The molecule has 0 aromatic heterocycles. The number of hydrogen-bond acceptors (Lipinski definition) is 2. The van der Waals surface area contributed by atoms with E-state index in [2.05, 4.69) is 35.1 Å². The summed E-state index contributed by atoms with van der Waals surface area (Å²) in [5.74, 6) is 0.131. The Balaban J connectivity index is 2.89. The molecule has 3 nitrogen and oxygen atoms in total. The molecule has 5 heteroatoms. The number of benzene rings is 1. The zero-order valence-corrected chi connectivity index (χ0v) is 14.9. The van der Waals surface area contributed by atoms with Crippen molar-refractivity contribution < 1.29 is 9.18 Å². The number of halogens is 2. The minimum atomic E-state index is -0.307. The van der Waals surface area contributed by atoms with Gasteiger partial charge in [0.2, 0.25) is 5.91 Å². The third kappa shape index (κ3) is 5.40. The number of rotatable bonds is 6. The van der Waals surface area contributed by atoms with E-state index < -0.39 is 0 Å². The molecule has 0 aliphatic rings. The molecule has 0 aliphatic heterocycles. The second-order valence-corrected chi connectivity index (χ2v) is 6.88. The maximum absolute atomic E-state index is 14.0. The van der Waals surface area contributed by atoms with Crippen molar-refractivity contribution in [1.82, 2.24) is 10.2 Å². The quantitative estimate of drug-likeness (QED) is 0.839. The van der Waals surface area contributed by atoms with Crippen LogP contribution in [0.3, 0.4) is 0 Å². The largest absolute Gasteiger partial charge is 0.347 e. The Hall–Kier alpha value is -0.940. The molecule has 1 N–H and O–H groups in total. The van der Waals surface area contributed by atoms with E-state index in [1.165, 1.54) is 6.07 Å². The maximum atomic E-state index is 14.0. The molecule has 2 atom stereocenters. The van der Waals surface area contributed by atoms with E-state index in [0.29, 0.717) is 16.0 Å². The Morgan fingerprint density at radius 1 is 1.33 bits per heavy atom. The van der Waals surface area contributed by atoms with Gasteiger partial charge in [-0.15, -0.1) is 0 Å². The van der Waals surface area contributed by atoms with Crippen LogP contribution in [0.25, 0.3) is 0 Å². The molecule has 0 saturated carbocycles. The van der Waals surface area contributed by atoms with E-state index in [4.69, 9.17) is 0 Å². The number of hydrogen-bond donors (Lipinski definition) is 1. The van der Waals surface area contributed by atoms with Crippen LogP contribution >= 0.6 is 15.9 Å². The van der Waals surface area contributed by atoms with E-state index in [-0.39, 0.29) is 23.8 Å². The van der Waals surface area contributed by atoms with Crippen molar-refractivity contribution in [2.45, 2.75) is 39.3 Å². The van der Waals surface area contributed by atoms with Crippen molar-refractivity contribution in [3.05, 3.63) is 34.1 Å². The molecule has 1 amide bonds. The van der Waals surface area contributed by atoms with E-state index in [9.17, 15) is 9.18 Å². The third-order valence-electron chi connectivity index (χ3n) is 3.33. The Morgan fingerprint density at radius 2 is 1.95 bits per heavy atom. The van der Waals surface area contributed by atoms with Crippen LogP contribution in [0.15, 0.2) is 22.7 Å². The molecule has 1 aromatic rings. The van der Waals surface area contributed by atoms with Gasteiger partial charge in [0, 0.05) is 30.2 Å². The van der Waals surface area contributed by atoms with Gasteiger partial charge in [-0.25, -0.2) is 4.39 Å². The summed E-state index contributed by atoms with van der Waals surface area (Å²) in [7, 11) is 3.48. The van der Waals surface area contributed by atoms with Crippen molar-refractivity contribution in [2.75, 3.05) is 14.1 Å². The number of carbonyl (C=O) groups is 1. The summed E-state index contributed by atoms with van der Waals surface area (Å²) in [6.45, 7) is 6.02. The molecule has 0 bridgehead atoms. The summed E-state index contributed by atoms with van der Waals surface area (Å²) in [5, 5.41) is 3.26. The molecule has 0 radical (unpaired) electrons. The summed E-state index contributed by atoms with van der Waals surface area (Å²) < 4.78 is 14.7. The number of likely N-dealkylation sites (N-methyl/N-ethyl adjacent to an activating group) is 1. The lowest BCUT2D eigenvalue weighted by atomic mass is 10.00. The molecule has 0 aliphatic carbocycles. The summed E-state index contributed by atoms with van der Waals surface area (Å²) in [5.41, 5.74) is 0.568. The van der Waals surface area contributed by atoms with Crippen LogP contribution in [0.4, 0.5) is 4.39 Å². The molecule has 21 heavy (non-hydrogen) atoms. The fourth-order valence-electron chi connectivity index (χ4n) is 2.27. The predicted octanol–water partition coefficient (Wildman–Crippen LogP) is 3.74. The van der Waals surface area contributed by atoms with Gasteiger partial charge in [-0.2, -0.15) is 0 Å². The van der Waals surface area contributed by atoms with Gasteiger partial charge in [-0.1, -0.05) is 35.8 Å². The Bertz CT molecular complexity index is 491. The standard InChI is InChI=1S/C16H24BrFN2O/c1-10(2)8-15(16(21)20(4)5)19-11(3)13-7-6-12(17)9-14(13)18/h6-7,9-11,15,19H,8H2,1-5H3. The molecular weight excluding hydrogens is 335 g/mol. The molecule has 118 valence electrons. The highest BCUT2D eigenvalue weighted by Gasteiger charge is 2.24. The highest BCUT2D eigenvalue weighted by molar-refractivity contribution is 9.10. The predicted molar refractivity (Wildman–Crippen MR) is 87.6 cm³/mol. The van der Waals surface area contributed by atoms with Gasteiger partial charge >= 0.3 is 0 Å². The lowest BCUT2D eigenvalue weighted by molar-refractivity contribution is -0.131. The maximum Gasteiger partial charge on any atom is 0.239 e. The fraction of sp³-hybridized carbons (Fsp3) is 0.562. The van der Waals surface area contributed by atoms with E-state index >= 15 is 0 Å².